The van der Waals surface area contributed by atoms with Gasteiger partial charge < -0.3 is 9.84 Å². The van der Waals surface area contributed by atoms with Crippen LogP contribution in [0.25, 0.3) is 11.1 Å². The fourth-order valence-electron chi connectivity index (χ4n) is 3.77. The molecule has 5 heteroatoms. The third-order valence-electron chi connectivity index (χ3n) is 5.36. The lowest BCUT2D eigenvalue weighted by atomic mass is 9.82. The van der Waals surface area contributed by atoms with Crippen molar-refractivity contribution in [3.8, 4) is 16.9 Å². The average molecular weight is 508 g/mol. The number of hydrogen-bond donors (Lipinski definition) is 1. The maximum atomic E-state index is 13.1. The number of alkyl halides is 2. The molecule has 1 fully saturated rings. The van der Waals surface area contributed by atoms with Gasteiger partial charge in [-0.25, -0.2) is 0 Å². The van der Waals surface area contributed by atoms with E-state index in [0.29, 0.717) is 18.6 Å². The van der Waals surface area contributed by atoms with Gasteiger partial charge in [-0.05, 0) is 66.6 Å². The second-order valence-corrected chi connectivity index (χ2v) is 12.0. The van der Waals surface area contributed by atoms with Crippen LogP contribution in [0.1, 0.15) is 54.6 Å². The number of rotatable bonds is 6. The highest BCUT2D eigenvalue weighted by molar-refractivity contribution is 9.25. The maximum Gasteiger partial charge on any atom is 0.195 e. The molecule has 4 rings (SSSR count). The summed E-state index contributed by atoms with van der Waals surface area (Å²) >= 11 is 7.16. The minimum absolute atomic E-state index is 0.0187. The Morgan fingerprint density at radius 2 is 1.86 bits per heavy atom. The Balaban J connectivity index is 1.73. The molecule has 148 valence electrons. The van der Waals surface area contributed by atoms with Crippen LogP contribution in [0.4, 0.5) is 0 Å². The van der Waals surface area contributed by atoms with Crippen LogP contribution in [-0.2, 0) is 9.65 Å². The van der Waals surface area contributed by atoms with Gasteiger partial charge in [0, 0.05) is 12.0 Å². The number of hydrogen-bond acceptors (Lipinski definition) is 3. The van der Waals surface area contributed by atoms with Crippen LogP contribution in [0.3, 0.4) is 0 Å². The van der Waals surface area contributed by atoms with Gasteiger partial charge in [0.1, 0.15) is 5.75 Å². The van der Waals surface area contributed by atoms with Crippen molar-refractivity contribution in [2.45, 2.75) is 48.4 Å². The summed E-state index contributed by atoms with van der Waals surface area (Å²) in [7, 11) is 0. The quantitative estimate of drug-likeness (QED) is 0.489. The number of ketones is 1. The SMILES string of the molecule is CC(C)(O)Cc1ccc2c(c1)-c1cc(OCCC3CC3)ccc1C(=O)C2(Br)Br. The molecule has 0 saturated heterocycles. The molecule has 0 spiro atoms. The lowest BCUT2D eigenvalue weighted by Gasteiger charge is -2.30. The summed E-state index contributed by atoms with van der Waals surface area (Å²) in [6, 6.07) is 11.7. The van der Waals surface area contributed by atoms with Gasteiger partial charge in [0.05, 0.1) is 12.2 Å². The first-order chi connectivity index (χ1) is 13.1. The third kappa shape index (κ3) is 4.07. The number of halogens is 2. The fraction of sp³-hybridized carbons (Fsp3) is 0.435. The molecule has 0 radical (unpaired) electrons. The number of ether oxygens (including phenoxy) is 1. The molecule has 2 aliphatic rings. The van der Waals surface area contributed by atoms with Gasteiger partial charge in [-0.3, -0.25) is 4.79 Å². The third-order valence-corrected chi connectivity index (χ3v) is 6.94. The van der Waals surface area contributed by atoms with E-state index in [2.05, 4.69) is 37.9 Å². The number of benzene rings is 2. The highest BCUT2D eigenvalue weighted by Crippen LogP contribution is 2.51. The molecule has 2 aliphatic carbocycles. The zero-order valence-electron chi connectivity index (χ0n) is 16.1. The first-order valence-electron chi connectivity index (χ1n) is 9.71. The smallest absolute Gasteiger partial charge is 0.195 e. The first-order valence-corrected chi connectivity index (χ1v) is 11.3. The van der Waals surface area contributed by atoms with Gasteiger partial charge >= 0.3 is 0 Å². The standard InChI is InChI=1S/C23H24Br2O3/c1-22(2,27)13-15-5-8-20-19(11-15)18-12-16(28-10-9-14-3-4-14)6-7-17(18)21(26)23(20,24)25/h5-8,11-12,14,27H,3-4,9-10,13H2,1-2H3. The van der Waals surface area contributed by atoms with Crippen LogP contribution >= 0.6 is 31.9 Å². The molecule has 1 saturated carbocycles. The van der Waals surface area contributed by atoms with Crippen LogP contribution in [0, 0.1) is 5.92 Å². The molecule has 0 unspecified atom stereocenters. The molecule has 0 aliphatic heterocycles. The number of fused-ring (bicyclic) bond motifs is 3. The molecule has 1 N–H and O–H groups in total. The molecule has 2 aromatic carbocycles. The normalized spacial score (nSPS) is 17.8. The van der Waals surface area contributed by atoms with Crippen molar-refractivity contribution in [3.05, 3.63) is 53.1 Å². The summed E-state index contributed by atoms with van der Waals surface area (Å²) in [5.41, 5.74) is 3.64. The van der Waals surface area contributed by atoms with Crippen molar-refractivity contribution >= 4 is 37.6 Å². The minimum atomic E-state index is -0.941. The van der Waals surface area contributed by atoms with Gasteiger partial charge in [-0.1, -0.05) is 62.9 Å². The number of Topliss-reactive ketones (excluding diaryl/α,β-unsaturated/α-hetero) is 1. The van der Waals surface area contributed by atoms with Crippen molar-refractivity contribution in [1.82, 2.24) is 0 Å². The van der Waals surface area contributed by atoms with Crippen molar-refractivity contribution in [2.24, 2.45) is 5.92 Å². The van der Waals surface area contributed by atoms with Crippen LogP contribution in [-0.4, -0.2) is 23.1 Å². The molecule has 0 amide bonds. The molecule has 28 heavy (non-hydrogen) atoms. The summed E-state index contributed by atoms with van der Waals surface area (Å²) in [5, 5.41) is 10.2. The molecule has 3 nitrogen and oxygen atoms in total. The zero-order chi connectivity index (χ0) is 20.1. The molecule has 0 aromatic heterocycles. The summed E-state index contributed by atoms with van der Waals surface area (Å²) in [6.07, 6.45) is 4.27. The first kappa shape index (κ1) is 20.1. The largest absolute Gasteiger partial charge is 0.494 e. The zero-order valence-corrected chi connectivity index (χ0v) is 19.3. The Kier molecular flexibility index (Phi) is 5.22. The van der Waals surface area contributed by atoms with Gasteiger partial charge in [-0.15, -0.1) is 0 Å². The average Bonchev–Trinajstić information content (AvgIpc) is 3.43. The van der Waals surface area contributed by atoms with Crippen molar-refractivity contribution < 1.29 is 14.6 Å². The predicted molar refractivity (Wildman–Crippen MR) is 119 cm³/mol. The number of carbonyl (C=O) groups excluding carboxylic acids is 1. The van der Waals surface area contributed by atoms with Crippen LogP contribution < -0.4 is 4.74 Å². The Bertz CT molecular complexity index is 924. The van der Waals surface area contributed by atoms with Crippen LogP contribution in [0.15, 0.2) is 36.4 Å². The monoisotopic (exact) mass is 506 g/mol. The van der Waals surface area contributed by atoms with E-state index in [0.717, 1.165) is 40.3 Å². The second-order valence-electron chi connectivity index (χ2n) is 8.56. The molecule has 0 atom stereocenters. The molecule has 2 aromatic rings. The van der Waals surface area contributed by atoms with Gasteiger partial charge in [-0.2, -0.15) is 0 Å². The molecule has 0 heterocycles. The van der Waals surface area contributed by atoms with E-state index in [1.54, 1.807) is 13.8 Å². The van der Waals surface area contributed by atoms with E-state index in [1.165, 1.54) is 12.8 Å². The van der Waals surface area contributed by atoms with Crippen LogP contribution in [0.2, 0.25) is 0 Å². The number of carbonyl (C=O) groups is 1. The van der Waals surface area contributed by atoms with E-state index in [-0.39, 0.29) is 5.78 Å². The van der Waals surface area contributed by atoms with E-state index < -0.39 is 8.83 Å². The van der Waals surface area contributed by atoms with E-state index >= 15 is 0 Å². The highest BCUT2D eigenvalue weighted by Gasteiger charge is 2.42. The van der Waals surface area contributed by atoms with Gasteiger partial charge in [0.15, 0.2) is 9.02 Å². The van der Waals surface area contributed by atoms with Gasteiger partial charge in [0.25, 0.3) is 0 Å². The summed E-state index contributed by atoms with van der Waals surface area (Å²) in [5.74, 6) is 1.60. The lowest BCUT2D eigenvalue weighted by Crippen LogP contribution is -2.28. The fourth-order valence-corrected chi connectivity index (χ4v) is 4.89. The number of aliphatic hydroxyl groups is 1. The van der Waals surface area contributed by atoms with Crippen LogP contribution in [0.5, 0.6) is 5.75 Å². The topological polar surface area (TPSA) is 46.5 Å². The summed E-state index contributed by atoms with van der Waals surface area (Å²) in [4.78, 5) is 13.1. The summed E-state index contributed by atoms with van der Waals surface area (Å²) < 4.78 is 5.02. The Morgan fingerprint density at radius 1 is 1.11 bits per heavy atom. The second kappa shape index (κ2) is 7.26. The minimum Gasteiger partial charge on any atom is -0.494 e. The predicted octanol–water partition coefficient (Wildman–Crippen LogP) is 5.98. The van der Waals surface area contributed by atoms with Crippen molar-refractivity contribution in [3.63, 3.8) is 0 Å². The van der Waals surface area contributed by atoms with Crippen molar-refractivity contribution in [1.29, 1.82) is 0 Å². The Labute approximate surface area is 182 Å². The highest BCUT2D eigenvalue weighted by atomic mass is 79.9. The maximum absolute atomic E-state index is 13.1. The Hall–Kier alpha value is -1.17. The molecule has 0 bridgehead atoms. The van der Waals surface area contributed by atoms with E-state index in [4.69, 9.17) is 4.74 Å². The molecular weight excluding hydrogens is 484 g/mol. The van der Waals surface area contributed by atoms with Gasteiger partial charge in [0.2, 0.25) is 0 Å². The summed E-state index contributed by atoms with van der Waals surface area (Å²) in [6.45, 7) is 4.31. The lowest BCUT2D eigenvalue weighted by molar-refractivity contribution is 0.0809. The Morgan fingerprint density at radius 3 is 2.54 bits per heavy atom. The van der Waals surface area contributed by atoms with E-state index in [1.807, 2.05) is 30.3 Å². The molecular formula is C23H24Br2O3. The van der Waals surface area contributed by atoms with Crippen molar-refractivity contribution in [2.75, 3.05) is 6.61 Å². The van der Waals surface area contributed by atoms with E-state index in [9.17, 15) is 9.90 Å².